The third-order valence-corrected chi connectivity index (χ3v) is 4.45. The van der Waals surface area contributed by atoms with Crippen molar-refractivity contribution in [2.24, 2.45) is 0 Å². The van der Waals surface area contributed by atoms with Crippen LogP contribution in [-0.2, 0) is 16.0 Å². The molecule has 1 aliphatic heterocycles. The number of nitrogens with zero attached hydrogens (tertiary/aromatic N) is 1. The van der Waals surface area contributed by atoms with Gasteiger partial charge in [0.15, 0.2) is 0 Å². The molecule has 0 spiro atoms. The number of rotatable bonds is 4. The molecule has 1 fully saturated rings. The molecule has 1 amide bonds. The molecule has 0 unspecified atom stereocenters. The summed E-state index contributed by atoms with van der Waals surface area (Å²) in [5.41, 5.74) is 1.07. The summed E-state index contributed by atoms with van der Waals surface area (Å²) < 4.78 is 0.987. The van der Waals surface area contributed by atoms with Gasteiger partial charge in [-0.15, -0.1) is 0 Å². The summed E-state index contributed by atoms with van der Waals surface area (Å²) in [6.45, 7) is 0.561. The minimum Gasteiger partial charge on any atom is -0.480 e. The van der Waals surface area contributed by atoms with Crippen LogP contribution in [0.15, 0.2) is 28.7 Å². The molecule has 1 aromatic rings. The van der Waals surface area contributed by atoms with Gasteiger partial charge >= 0.3 is 5.97 Å². The lowest BCUT2D eigenvalue weighted by molar-refractivity contribution is -0.152. The zero-order chi connectivity index (χ0) is 14.5. The Morgan fingerprint density at radius 3 is 2.75 bits per heavy atom. The number of amides is 1. The summed E-state index contributed by atoms with van der Waals surface area (Å²) in [6.07, 6.45) is 3.32. The van der Waals surface area contributed by atoms with Crippen molar-refractivity contribution in [3.63, 3.8) is 0 Å². The van der Waals surface area contributed by atoms with Crippen molar-refractivity contribution < 1.29 is 14.7 Å². The number of aryl methyl sites for hydroxylation is 1. The quantitative estimate of drug-likeness (QED) is 0.917. The highest BCUT2D eigenvalue weighted by molar-refractivity contribution is 9.10. The van der Waals surface area contributed by atoms with Crippen molar-refractivity contribution in [1.82, 2.24) is 4.90 Å². The first-order valence-electron chi connectivity index (χ1n) is 6.85. The number of hydrogen-bond acceptors (Lipinski definition) is 2. The molecule has 0 radical (unpaired) electrons. The third-order valence-electron chi connectivity index (χ3n) is 3.67. The van der Waals surface area contributed by atoms with Crippen LogP contribution < -0.4 is 0 Å². The first-order chi connectivity index (χ1) is 9.59. The number of halogens is 1. The molecular formula is C15H18BrNO3. The van der Waals surface area contributed by atoms with Crippen molar-refractivity contribution in [3.8, 4) is 0 Å². The van der Waals surface area contributed by atoms with Crippen LogP contribution in [0, 0.1) is 0 Å². The van der Waals surface area contributed by atoms with E-state index in [1.807, 2.05) is 24.3 Å². The van der Waals surface area contributed by atoms with Crippen LogP contribution in [0.1, 0.15) is 31.2 Å². The molecule has 5 heteroatoms. The SMILES string of the molecule is O=C(O)[C@H]1CCCCN1C(=O)CCc1ccccc1Br. The zero-order valence-electron chi connectivity index (χ0n) is 11.2. The number of piperidine rings is 1. The van der Waals surface area contributed by atoms with Gasteiger partial charge in [0.25, 0.3) is 0 Å². The fraction of sp³-hybridized carbons (Fsp3) is 0.467. The van der Waals surface area contributed by atoms with Crippen LogP contribution in [0.25, 0.3) is 0 Å². The Kier molecular flexibility index (Phi) is 5.17. The lowest BCUT2D eigenvalue weighted by Crippen LogP contribution is -2.48. The Bertz CT molecular complexity index is 504. The van der Waals surface area contributed by atoms with Gasteiger partial charge in [-0.1, -0.05) is 34.1 Å². The predicted octanol–water partition coefficient (Wildman–Crippen LogP) is 2.85. The summed E-state index contributed by atoms with van der Waals surface area (Å²) >= 11 is 3.46. The smallest absolute Gasteiger partial charge is 0.326 e. The minimum absolute atomic E-state index is 0.0622. The Hall–Kier alpha value is -1.36. The molecule has 1 saturated heterocycles. The maximum atomic E-state index is 12.2. The van der Waals surface area contributed by atoms with Crippen molar-refractivity contribution in [2.75, 3.05) is 6.54 Å². The molecule has 1 aromatic carbocycles. The van der Waals surface area contributed by atoms with Crippen molar-refractivity contribution >= 4 is 27.8 Å². The van der Waals surface area contributed by atoms with Gasteiger partial charge in [-0.25, -0.2) is 4.79 Å². The maximum absolute atomic E-state index is 12.2. The first kappa shape index (κ1) is 15.0. The molecule has 0 saturated carbocycles. The summed E-state index contributed by atoms with van der Waals surface area (Å²) in [7, 11) is 0. The molecule has 0 aromatic heterocycles. The Labute approximate surface area is 126 Å². The molecule has 2 rings (SSSR count). The molecule has 1 heterocycles. The van der Waals surface area contributed by atoms with E-state index in [4.69, 9.17) is 0 Å². The molecule has 1 aliphatic rings. The lowest BCUT2D eigenvalue weighted by atomic mass is 10.0. The number of hydrogen-bond donors (Lipinski definition) is 1. The normalized spacial score (nSPS) is 18.9. The molecule has 4 nitrogen and oxygen atoms in total. The van der Waals surface area contributed by atoms with Gasteiger partial charge in [-0.05, 0) is 37.3 Å². The topological polar surface area (TPSA) is 57.6 Å². The number of carbonyl (C=O) groups is 2. The number of benzene rings is 1. The molecule has 20 heavy (non-hydrogen) atoms. The van der Waals surface area contributed by atoms with Crippen molar-refractivity contribution in [2.45, 2.75) is 38.1 Å². The highest BCUT2D eigenvalue weighted by Gasteiger charge is 2.31. The van der Waals surface area contributed by atoms with Gasteiger partial charge in [0.1, 0.15) is 6.04 Å². The number of likely N-dealkylation sites (tertiary alicyclic amines) is 1. The van der Waals surface area contributed by atoms with Gasteiger partial charge in [0.2, 0.25) is 5.91 Å². The Morgan fingerprint density at radius 2 is 2.05 bits per heavy atom. The van der Waals surface area contributed by atoms with E-state index in [0.717, 1.165) is 22.9 Å². The van der Waals surface area contributed by atoms with Gasteiger partial charge in [0, 0.05) is 17.4 Å². The molecule has 0 aliphatic carbocycles. The van der Waals surface area contributed by atoms with Crippen molar-refractivity contribution in [3.05, 3.63) is 34.3 Å². The van der Waals surface area contributed by atoms with Gasteiger partial charge in [-0.3, -0.25) is 4.79 Å². The fourth-order valence-electron chi connectivity index (χ4n) is 2.57. The molecule has 108 valence electrons. The van der Waals surface area contributed by atoms with E-state index in [-0.39, 0.29) is 5.91 Å². The second kappa shape index (κ2) is 6.88. The minimum atomic E-state index is -0.890. The highest BCUT2D eigenvalue weighted by Crippen LogP contribution is 2.21. The monoisotopic (exact) mass is 339 g/mol. The first-order valence-corrected chi connectivity index (χ1v) is 7.64. The van der Waals surface area contributed by atoms with Crippen LogP contribution in [-0.4, -0.2) is 34.5 Å². The van der Waals surface area contributed by atoms with Crippen LogP contribution >= 0.6 is 15.9 Å². The van der Waals surface area contributed by atoms with Gasteiger partial charge in [-0.2, -0.15) is 0 Å². The molecular weight excluding hydrogens is 322 g/mol. The molecule has 0 bridgehead atoms. The molecule has 1 N–H and O–H groups in total. The Balaban J connectivity index is 1.97. The molecule has 1 atom stereocenters. The standard InChI is InChI=1S/C15H18BrNO3/c16-12-6-2-1-5-11(12)8-9-14(18)17-10-4-3-7-13(17)15(19)20/h1-2,5-6,13H,3-4,7-10H2,(H,19,20)/t13-/m1/s1. The fourth-order valence-corrected chi connectivity index (χ4v) is 3.06. The van der Waals surface area contributed by atoms with Crippen LogP contribution in [0.2, 0.25) is 0 Å². The highest BCUT2D eigenvalue weighted by atomic mass is 79.9. The second-order valence-electron chi connectivity index (χ2n) is 5.03. The summed E-state index contributed by atoms with van der Waals surface area (Å²) in [6, 6.07) is 7.14. The van der Waals surface area contributed by atoms with E-state index in [9.17, 15) is 14.7 Å². The van der Waals surface area contributed by atoms with Crippen molar-refractivity contribution in [1.29, 1.82) is 0 Å². The van der Waals surface area contributed by atoms with E-state index in [1.54, 1.807) is 0 Å². The van der Waals surface area contributed by atoms with Crippen LogP contribution in [0.4, 0.5) is 0 Å². The van der Waals surface area contributed by atoms with E-state index >= 15 is 0 Å². The van der Waals surface area contributed by atoms with Gasteiger partial charge < -0.3 is 10.0 Å². The average molecular weight is 340 g/mol. The average Bonchev–Trinajstić information content (AvgIpc) is 2.46. The van der Waals surface area contributed by atoms with E-state index in [1.165, 1.54) is 4.90 Å². The summed E-state index contributed by atoms with van der Waals surface area (Å²) in [5, 5.41) is 9.19. The number of carboxylic acid groups (broad SMARTS) is 1. The van der Waals surface area contributed by atoms with Gasteiger partial charge in [0.05, 0.1) is 0 Å². The van der Waals surface area contributed by atoms with Crippen LogP contribution in [0.5, 0.6) is 0 Å². The zero-order valence-corrected chi connectivity index (χ0v) is 12.8. The van der Waals surface area contributed by atoms with E-state index in [0.29, 0.717) is 25.8 Å². The third kappa shape index (κ3) is 3.60. The largest absolute Gasteiger partial charge is 0.480 e. The summed E-state index contributed by atoms with van der Waals surface area (Å²) in [4.78, 5) is 25.0. The van der Waals surface area contributed by atoms with E-state index in [2.05, 4.69) is 15.9 Å². The number of carbonyl (C=O) groups excluding carboxylic acids is 1. The predicted molar refractivity (Wildman–Crippen MR) is 79.5 cm³/mol. The second-order valence-corrected chi connectivity index (χ2v) is 5.88. The number of carboxylic acids is 1. The lowest BCUT2D eigenvalue weighted by Gasteiger charge is -2.33. The van der Waals surface area contributed by atoms with Crippen LogP contribution in [0.3, 0.4) is 0 Å². The number of aliphatic carboxylic acids is 1. The summed E-state index contributed by atoms with van der Waals surface area (Å²) in [5.74, 6) is -0.952. The Morgan fingerprint density at radius 1 is 1.30 bits per heavy atom. The van der Waals surface area contributed by atoms with E-state index < -0.39 is 12.0 Å². The maximum Gasteiger partial charge on any atom is 0.326 e.